The van der Waals surface area contributed by atoms with Gasteiger partial charge in [0.05, 0.1) is 37.1 Å². The van der Waals surface area contributed by atoms with Crippen LogP contribution in [-0.2, 0) is 18.9 Å². The minimum absolute atomic E-state index is 0.0384. The predicted octanol–water partition coefficient (Wildman–Crippen LogP) is 2.54. The minimum Gasteiger partial charge on any atom is -0.376 e. The Morgan fingerprint density at radius 3 is 2.32 bits per heavy atom. The Morgan fingerprint density at radius 2 is 1.79 bits per heavy atom. The average Bonchev–Trinajstić information content (AvgIpc) is 2.91. The van der Waals surface area contributed by atoms with Gasteiger partial charge in [0.1, 0.15) is 12.2 Å². The molecule has 1 aliphatic carbocycles. The Kier molecular flexibility index (Phi) is 4.56. The van der Waals surface area contributed by atoms with E-state index in [0.29, 0.717) is 19.8 Å². The zero-order valence-corrected chi connectivity index (χ0v) is 12.9. The van der Waals surface area contributed by atoms with Crippen molar-refractivity contribution in [3.63, 3.8) is 0 Å². The van der Waals surface area contributed by atoms with Gasteiger partial charge in [-0.25, -0.2) is 0 Å². The molecule has 1 heterocycles. The summed E-state index contributed by atoms with van der Waals surface area (Å²) in [6.07, 6.45) is 2.49. The molecule has 1 aliphatic heterocycles. The normalized spacial score (nSPS) is 30.0. The number of rotatable bonds is 6. The van der Waals surface area contributed by atoms with Crippen LogP contribution in [0.15, 0.2) is 0 Å². The minimum atomic E-state index is -0.162. The van der Waals surface area contributed by atoms with E-state index in [1.807, 2.05) is 0 Å². The highest BCUT2D eigenvalue weighted by atomic mass is 16.6. The van der Waals surface area contributed by atoms with Crippen molar-refractivity contribution in [1.82, 2.24) is 0 Å². The van der Waals surface area contributed by atoms with Gasteiger partial charge in [0.15, 0.2) is 0 Å². The molecule has 0 spiro atoms. The molecule has 0 aromatic heterocycles. The SMILES string of the molecule is CC(C)OCC1(OC2COCC2OC(C)(C)C)CC1. The van der Waals surface area contributed by atoms with Gasteiger partial charge in [-0.15, -0.1) is 0 Å². The van der Waals surface area contributed by atoms with E-state index in [0.717, 1.165) is 12.8 Å². The molecule has 0 bridgehead atoms. The van der Waals surface area contributed by atoms with E-state index < -0.39 is 0 Å². The zero-order valence-electron chi connectivity index (χ0n) is 12.9. The van der Waals surface area contributed by atoms with Crippen LogP contribution in [0.5, 0.6) is 0 Å². The molecular weight excluding hydrogens is 244 g/mol. The second kappa shape index (κ2) is 5.68. The fourth-order valence-electron chi connectivity index (χ4n) is 2.26. The van der Waals surface area contributed by atoms with E-state index in [1.54, 1.807) is 0 Å². The topological polar surface area (TPSA) is 36.9 Å². The summed E-state index contributed by atoms with van der Waals surface area (Å²) >= 11 is 0. The van der Waals surface area contributed by atoms with Crippen molar-refractivity contribution in [3.05, 3.63) is 0 Å². The third-order valence-electron chi connectivity index (χ3n) is 3.37. The van der Waals surface area contributed by atoms with Crippen molar-refractivity contribution in [2.45, 2.75) is 77.0 Å². The molecule has 0 aromatic rings. The Hall–Kier alpha value is -0.160. The first-order valence-electron chi connectivity index (χ1n) is 7.35. The van der Waals surface area contributed by atoms with Crippen LogP contribution in [0.3, 0.4) is 0 Å². The molecule has 19 heavy (non-hydrogen) atoms. The second-order valence-corrected chi connectivity index (χ2v) is 7.01. The van der Waals surface area contributed by atoms with Gasteiger partial charge in [-0.1, -0.05) is 0 Å². The molecule has 4 heteroatoms. The van der Waals surface area contributed by atoms with Gasteiger partial charge in [0.25, 0.3) is 0 Å². The van der Waals surface area contributed by atoms with Crippen molar-refractivity contribution in [3.8, 4) is 0 Å². The summed E-state index contributed by atoms with van der Waals surface area (Å²) in [5.41, 5.74) is -0.243. The van der Waals surface area contributed by atoms with E-state index in [1.165, 1.54) is 0 Å². The van der Waals surface area contributed by atoms with Crippen molar-refractivity contribution in [2.75, 3.05) is 19.8 Å². The summed E-state index contributed by atoms with van der Waals surface area (Å²) < 4.78 is 23.5. The zero-order chi connectivity index (χ0) is 14.1. The van der Waals surface area contributed by atoms with Gasteiger partial charge < -0.3 is 18.9 Å². The first-order valence-corrected chi connectivity index (χ1v) is 7.35. The molecule has 1 saturated heterocycles. The molecule has 2 rings (SSSR count). The maximum Gasteiger partial charge on any atom is 0.110 e. The molecule has 2 aliphatic rings. The Bertz CT molecular complexity index is 291. The van der Waals surface area contributed by atoms with Gasteiger partial charge in [-0.05, 0) is 47.5 Å². The quantitative estimate of drug-likeness (QED) is 0.744. The van der Waals surface area contributed by atoms with Crippen LogP contribution in [0, 0.1) is 0 Å². The standard InChI is InChI=1S/C15H28O4/c1-11(2)17-10-15(6-7-15)19-13-9-16-8-12(13)18-14(3,4)5/h11-13H,6-10H2,1-5H3. The Balaban J connectivity index is 1.84. The molecule has 112 valence electrons. The monoisotopic (exact) mass is 272 g/mol. The summed E-state index contributed by atoms with van der Waals surface area (Å²) in [6.45, 7) is 12.3. The predicted molar refractivity (Wildman–Crippen MR) is 73.4 cm³/mol. The maximum atomic E-state index is 6.24. The molecule has 1 saturated carbocycles. The van der Waals surface area contributed by atoms with Gasteiger partial charge in [-0.2, -0.15) is 0 Å². The number of hydrogen-bond donors (Lipinski definition) is 0. The molecule has 0 aromatic carbocycles. The van der Waals surface area contributed by atoms with E-state index in [-0.39, 0.29) is 29.5 Å². The third kappa shape index (κ3) is 4.71. The van der Waals surface area contributed by atoms with Gasteiger partial charge in [0, 0.05) is 0 Å². The summed E-state index contributed by atoms with van der Waals surface area (Å²) in [6, 6.07) is 0. The van der Waals surface area contributed by atoms with Crippen LogP contribution in [0.4, 0.5) is 0 Å². The van der Waals surface area contributed by atoms with Crippen LogP contribution in [-0.4, -0.2) is 49.3 Å². The van der Waals surface area contributed by atoms with Gasteiger partial charge in [0.2, 0.25) is 0 Å². The first kappa shape index (κ1) is 15.2. The highest BCUT2D eigenvalue weighted by Crippen LogP contribution is 2.42. The lowest BCUT2D eigenvalue weighted by molar-refractivity contribution is -0.146. The molecule has 2 atom stereocenters. The summed E-state index contributed by atoms with van der Waals surface area (Å²) in [4.78, 5) is 0. The molecular formula is C15H28O4. The largest absolute Gasteiger partial charge is 0.376 e. The smallest absolute Gasteiger partial charge is 0.110 e. The molecule has 0 amide bonds. The van der Waals surface area contributed by atoms with Crippen molar-refractivity contribution in [2.24, 2.45) is 0 Å². The highest BCUT2D eigenvalue weighted by Gasteiger charge is 2.49. The fourth-order valence-corrected chi connectivity index (χ4v) is 2.26. The Labute approximate surface area is 116 Å². The lowest BCUT2D eigenvalue weighted by Crippen LogP contribution is -2.40. The lowest BCUT2D eigenvalue weighted by atomic mass is 10.1. The lowest BCUT2D eigenvalue weighted by Gasteiger charge is -2.30. The van der Waals surface area contributed by atoms with E-state index >= 15 is 0 Å². The van der Waals surface area contributed by atoms with Crippen molar-refractivity contribution in [1.29, 1.82) is 0 Å². The third-order valence-corrected chi connectivity index (χ3v) is 3.37. The molecule has 2 unspecified atom stereocenters. The second-order valence-electron chi connectivity index (χ2n) is 7.01. The van der Waals surface area contributed by atoms with Crippen LogP contribution in [0.1, 0.15) is 47.5 Å². The Morgan fingerprint density at radius 1 is 1.16 bits per heavy atom. The van der Waals surface area contributed by atoms with E-state index in [2.05, 4.69) is 34.6 Å². The molecule has 2 fully saturated rings. The van der Waals surface area contributed by atoms with Gasteiger partial charge >= 0.3 is 0 Å². The van der Waals surface area contributed by atoms with Crippen LogP contribution < -0.4 is 0 Å². The first-order chi connectivity index (χ1) is 8.80. The molecule has 0 N–H and O–H groups in total. The maximum absolute atomic E-state index is 6.24. The van der Waals surface area contributed by atoms with E-state index in [4.69, 9.17) is 18.9 Å². The summed E-state index contributed by atoms with van der Waals surface area (Å²) in [5, 5.41) is 0. The molecule has 0 radical (unpaired) electrons. The van der Waals surface area contributed by atoms with Crippen molar-refractivity contribution >= 4 is 0 Å². The molecule has 4 nitrogen and oxygen atoms in total. The highest BCUT2D eigenvalue weighted by molar-refractivity contribution is 4.98. The van der Waals surface area contributed by atoms with Crippen LogP contribution >= 0.6 is 0 Å². The fraction of sp³-hybridized carbons (Fsp3) is 1.00. The van der Waals surface area contributed by atoms with Crippen LogP contribution in [0.25, 0.3) is 0 Å². The average molecular weight is 272 g/mol. The summed E-state index contributed by atoms with van der Waals surface area (Å²) in [5.74, 6) is 0. The van der Waals surface area contributed by atoms with Crippen LogP contribution in [0.2, 0.25) is 0 Å². The van der Waals surface area contributed by atoms with E-state index in [9.17, 15) is 0 Å². The van der Waals surface area contributed by atoms with Crippen molar-refractivity contribution < 1.29 is 18.9 Å². The summed E-state index contributed by atoms with van der Waals surface area (Å²) in [7, 11) is 0. The van der Waals surface area contributed by atoms with Gasteiger partial charge in [-0.3, -0.25) is 0 Å². The number of hydrogen-bond acceptors (Lipinski definition) is 4. The number of ether oxygens (including phenoxy) is 4.